The highest BCUT2D eigenvalue weighted by Crippen LogP contribution is 2.25. The lowest BCUT2D eigenvalue weighted by molar-refractivity contribution is 0.161. The number of halogens is 1. The highest BCUT2D eigenvalue weighted by molar-refractivity contribution is 9.10. The molecule has 118 valence electrons. The number of hydrogen-bond acceptors (Lipinski definition) is 4. The number of nitrogens with zero attached hydrogens (tertiary/aromatic N) is 2. The Morgan fingerprint density at radius 3 is 2.62 bits per heavy atom. The number of benzene rings is 1. The first-order valence-corrected chi connectivity index (χ1v) is 9.25. The molecule has 1 aliphatic rings. The van der Waals surface area contributed by atoms with Gasteiger partial charge in [0.25, 0.3) is 0 Å². The van der Waals surface area contributed by atoms with Crippen molar-refractivity contribution < 1.29 is 13.5 Å². The molecule has 2 rings (SSSR count). The average molecular weight is 377 g/mol. The molecule has 1 saturated heterocycles. The molecule has 0 aliphatic carbocycles. The lowest BCUT2D eigenvalue weighted by atomic mass is 10.1. The van der Waals surface area contributed by atoms with E-state index in [4.69, 9.17) is 0 Å². The lowest BCUT2D eigenvalue weighted by Gasteiger charge is -2.36. The smallest absolute Gasteiger partial charge is 0.243 e. The summed E-state index contributed by atoms with van der Waals surface area (Å²) >= 11 is 3.31. The van der Waals surface area contributed by atoms with E-state index in [2.05, 4.69) is 20.8 Å². The third-order valence-electron chi connectivity index (χ3n) is 3.82. The first-order chi connectivity index (χ1) is 9.95. The molecule has 0 aromatic heterocycles. The zero-order valence-corrected chi connectivity index (χ0v) is 14.5. The van der Waals surface area contributed by atoms with Gasteiger partial charge in [0.1, 0.15) is 0 Å². The number of aliphatic hydroxyl groups is 1. The molecule has 21 heavy (non-hydrogen) atoms. The van der Waals surface area contributed by atoms with Gasteiger partial charge in [-0.05, 0) is 51.2 Å². The molecule has 1 fully saturated rings. The van der Waals surface area contributed by atoms with E-state index >= 15 is 0 Å². The summed E-state index contributed by atoms with van der Waals surface area (Å²) in [5.74, 6) is 0. The molecule has 0 atom stereocenters. The number of piperidine rings is 1. The first kappa shape index (κ1) is 16.9. The Hall–Kier alpha value is -0.470. The number of sulfonamides is 1. The van der Waals surface area contributed by atoms with Crippen molar-refractivity contribution >= 4 is 26.0 Å². The summed E-state index contributed by atoms with van der Waals surface area (Å²) in [4.78, 5) is 2.46. The van der Waals surface area contributed by atoms with Gasteiger partial charge in [0.2, 0.25) is 10.0 Å². The van der Waals surface area contributed by atoms with E-state index in [0.29, 0.717) is 0 Å². The van der Waals surface area contributed by atoms with E-state index in [0.717, 1.165) is 30.4 Å². The Kier molecular flexibility index (Phi) is 5.79. The molecule has 0 bridgehead atoms. The van der Waals surface area contributed by atoms with Gasteiger partial charge in [0.15, 0.2) is 0 Å². The monoisotopic (exact) mass is 376 g/mol. The molecule has 1 aromatic rings. The average Bonchev–Trinajstić information content (AvgIpc) is 2.46. The van der Waals surface area contributed by atoms with Crippen LogP contribution in [0.1, 0.15) is 12.8 Å². The fourth-order valence-electron chi connectivity index (χ4n) is 2.64. The van der Waals surface area contributed by atoms with Crippen molar-refractivity contribution in [2.45, 2.75) is 23.8 Å². The van der Waals surface area contributed by atoms with Crippen molar-refractivity contribution in [2.75, 3.05) is 33.3 Å². The fraction of sp³-hybridized carbons (Fsp3) is 0.571. The molecule has 1 heterocycles. The summed E-state index contributed by atoms with van der Waals surface area (Å²) in [5, 5.41) is 9.26. The predicted octanol–water partition coefficient (Wildman–Crippen LogP) is 1.53. The second kappa shape index (κ2) is 7.19. The second-order valence-electron chi connectivity index (χ2n) is 5.33. The van der Waals surface area contributed by atoms with Crippen LogP contribution in [0.5, 0.6) is 0 Å². The molecule has 5 nitrogen and oxygen atoms in total. The minimum atomic E-state index is -3.58. The van der Waals surface area contributed by atoms with Crippen LogP contribution in [0.15, 0.2) is 33.6 Å². The fourth-order valence-corrected chi connectivity index (χ4v) is 4.92. The van der Waals surface area contributed by atoms with Crippen LogP contribution in [0.3, 0.4) is 0 Å². The van der Waals surface area contributed by atoms with Crippen molar-refractivity contribution in [3.8, 4) is 0 Å². The quantitative estimate of drug-likeness (QED) is 0.846. The van der Waals surface area contributed by atoms with Crippen LogP contribution in [-0.4, -0.2) is 62.1 Å². The molecular formula is C14H21BrN2O3S. The van der Waals surface area contributed by atoms with E-state index in [1.54, 1.807) is 24.3 Å². The van der Waals surface area contributed by atoms with Crippen molar-refractivity contribution in [3.63, 3.8) is 0 Å². The summed E-state index contributed by atoms with van der Waals surface area (Å²) in [6.45, 7) is 1.73. The third-order valence-corrected chi connectivity index (χ3v) is 6.26. The number of rotatable bonds is 5. The Morgan fingerprint density at radius 2 is 2.05 bits per heavy atom. The zero-order valence-electron chi connectivity index (χ0n) is 12.1. The minimum Gasteiger partial charge on any atom is -0.395 e. The summed E-state index contributed by atoms with van der Waals surface area (Å²) in [6.07, 6.45) is 1.59. The molecule has 0 spiro atoms. The first-order valence-electron chi connectivity index (χ1n) is 7.02. The van der Waals surface area contributed by atoms with Gasteiger partial charge in [-0.2, -0.15) is 4.31 Å². The summed E-state index contributed by atoms with van der Waals surface area (Å²) in [6, 6.07) is 6.67. The van der Waals surface area contributed by atoms with Crippen LogP contribution >= 0.6 is 15.9 Å². The zero-order chi connectivity index (χ0) is 15.5. The normalized spacial score (nSPS) is 18.3. The summed E-state index contributed by atoms with van der Waals surface area (Å²) in [7, 11) is -1.54. The Morgan fingerprint density at radius 1 is 1.38 bits per heavy atom. The molecule has 1 N–H and O–H groups in total. The van der Waals surface area contributed by atoms with Crippen LogP contribution in [-0.2, 0) is 10.0 Å². The van der Waals surface area contributed by atoms with Gasteiger partial charge in [-0.3, -0.25) is 0 Å². The lowest BCUT2D eigenvalue weighted by Crippen LogP contribution is -2.47. The van der Waals surface area contributed by atoms with Gasteiger partial charge < -0.3 is 10.0 Å². The van der Waals surface area contributed by atoms with E-state index in [-0.39, 0.29) is 24.1 Å². The largest absolute Gasteiger partial charge is 0.395 e. The number of hydrogen-bond donors (Lipinski definition) is 1. The van der Waals surface area contributed by atoms with Crippen LogP contribution in [0.4, 0.5) is 0 Å². The highest BCUT2D eigenvalue weighted by Gasteiger charge is 2.32. The van der Waals surface area contributed by atoms with Gasteiger partial charge in [-0.15, -0.1) is 0 Å². The van der Waals surface area contributed by atoms with Crippen molar-refractivity contribution in [1.29, 1.82) is 0 Å². The highest BCUT2D eigenvalue weighted by atomic mass is 79.9. The van der Waals surface area contributed by atoms with E-state index < -0.39 is 10.0 Å². The van der Waals surface area contributed by atoms with Crippen molar-refractivity contribution in [3.05, 3.63) is 28.7 Å². The Labute approximate surface area is 134 Å². The van der Waals surface area contributed by atoms with Gasteiger partial charge in [0, 0.05) is 17.1 Å². The summed E-state index contributed by atoms with van der Waals surface area (Å²) in [5.41, 5.74) is 0. The van der Waals surface area contributed by atoms with E-state index in [9.17, 15) is 13.5 Å². The molecule has 0 radical (unpaired) electrons. The predicted molar refractivity (Wildman–Crippen MR) is 85.6 cm³/mol. The molecule has 1 aromatic carbocycles. The molecular weight excluding hydrogens is 356 g/mol. The second-order valence-corrected chi connectivity index (χ2v) is 8.14. The van der Waals surface area contributed by atoms with E-state index in [1.165, 1.54) is 4.31 Å². The molecule has 0 unspecified atom stereocenters. The number of aliphatic hydroxyl groups excluding tert-OH is 1. The van der Waals surface area contributed by atoms with Crippen molar-refractivity contribution in [2.24, 2.45) is 0 Å². The van der Waals surface area contributed by atoms with Crippen LogP contribution in [0.2, 0.25) is 0 Å². The topological polar surface area (TPSA) is 60.9 Å². The standard InChI is InChI=1S/C14H21BrN2O3S/c1-16-7-5-13(6-8-16)17(9-10-18)21(19,20)14-4-2-3-12(15)11-14/h2-4,11,13,18H,5-10H2,1H3. The van der Waals surface area contributed by atoms with E-state index in [1.807, 2.05) is 7.05 Å². The Bertz CT molecular complexity index is 571. The van der Waals surface area contributed by atoms with Gasteiger partial charge in [0.05, 0.1) is 11.5 Å². The molecule has 0 amide bonds. The maximum Gasteiger partial charge on any atom is 0.243 e. The van der Waals surface area contributed by atoms with Gasteiger partial charge in [-0.1, -0.05) is 22.0 Å². The summed E-state index contributed by atoms with van der Waals surface area (Å²) < 4.78 is 27.9. The van der Waals surface area contributed by atoms with Gasteiger partial charge in [-0.25, -0.2) is 8.42 Å². The molecule has 7 heteroatoms. The molecule has 0 saturated carbocycles. The minimum absolute atomic E-state index is 0.0441. The van der Waals surface area contributed by atoms with Gasteiger partial charge >= 0.3 is 0 Å². The van der Waals surface area contributed by atoms with Crippen molar-refractivity contribution in [1.82, 2.24) is 9.21 Å². The molecule has 1 aliphatic heterocycles. The SMILES string of the molecule is CN1CCC(N(CCO)S(=O)(=O)c2cccc(Br)c2)CC1. The number of likely N-dealkylation sites (tertiary alicyclic amines) is 1. The van der Waals surface area contributed by atoms with Crippen LogP contribution in [0.25, 0.3) is 0 Å². The van der Waals surface area contributed by atoms with Crippen LogP contribution in [0, 0.1) is 0 Å². The van der Waals surface area contributed by atoms with Crippen LogP contribution < -0.4 is 0 Å². The third kappa shape index (κ3) is 4.04. The maximum absolute atomic E-state index is 12.8. The maximum atomic E-state index is 12.8. The Balaban J connectivity index is 2.28.